The molecule has 0 aliphatic carbocycles. The van der Waals surface area contributed by atoms with Crippen LogP contribution in [0.5, 0.6) is 0 Å². The number of ether oxygens (including phenoxy) is 1. The van der Waals surface area contributed by atoms with Crippen LogP contribution in [-0.2, 0) is 14.8 Å². The molecule has 2 fully saturated rings. The SMILES string of the molecule is CCOC(=O)N1CCN(S(=O)(=O)c2ccc(C(=O)N3CCCC3)cc2)CC1. The number of rotatable bonds is 4. The fraction of sp³-hybridized carbons (Fsp3) is 0.556. The number of hydrogen-bond donors (Lipinski definition) is 0. The van der Waals surface area contributed by atoms with E-state index in [1.807, 2.05) is 0 Å². The third-order valence-electron chi connectivity index (χ3n) is 4.90. The Morgan fingerprint density at radius 2 is 1.52 bits per heavy atom. The fourth-order valence-corrected chi connectivity index (χ4v) is 4.77. The Balaban J connectivity index is 1.65. The molecular formula is C18H25N3O5S. The highest BCUT2D eigenvalue weighted by Gasteiger charge is 2.30. The summed E-state index contributed by atoms with van der Waals surface area (Å²) in [6.45, 7) is 4.56. The smallest absolute Gasteiger partial charge is 0.409 e. The second-order valence-corrected chi connectivity index (χ2v) is 8.55. The van der Waals surface area contributed by atoms with Crippen LogP contribution in [0.3, 0.4) is 0 Å². The van der Waals surface area contributed by atoms with Gasteiger partial charge in [-0.3, -0.25) is 4.79 Å². The predicted molar refractivity (Wildman–Crippen MR) is 98.9 cm³/mol. The van der Waals surface area contributed by atoms with Crippen molar-refractivity contribution < 1.29 is 22.7 Å². The first-order valence-corrected chi connectivity index (χ1v) is 10.7. The molecule has 0 aromatic heterocycles. The van der Waals surface area contributed by atoms with Crippen LogP contribution in [0.1, 0.15) is 30.1 Å². The summed E-state index contributed by atoms with van der Waals surface area (Å²) in [6, 6.07) is 6.11. The van der Waals surface area contributed by atoms with E-state index in [2.05, 4.69) is 0 Å². The van der Waals surface area contributed by atoms with Crippen molar-refractivity contribution in [3.63, 3.8) is 0 Å². The minimum absolute atomic E-state index is 0.0560. The predicted octanol–water partition coefficient (Wildman–Crippen LogP) is 1.39. The van der Waals surface area contributed by atoms with Gasteiger partial charge >= 0.3 is 6.09 Å². The standard InChI is InChI=1S/C18H25N3O5S/c1-2-26-18(23)20-11-13-21(14-12-20)27(24,25)16-7-5-15(6-8-16)17(22)19-9-3-4-10-19/h5-8H,2-4,9-14H2,1H3. The maximum atomic E-state index is 12.8. The molecule has 0 radical (unpaired) electrons. The van der Waals surface area contributed by atoms with Crippen LogP contribution >= 0.6 is 0 Å². The molecule has 1 aromatic carbocycles. The zero-order valence-electron chi connectivity index (χ0n) is 15.5. The highest BCUT2D eigenvalue weighted by atomic mass is 32.2. The molecule has 2 saturated heterocycles. The quantitative estimate of drug-likeness (QED) is 0.769. The van der Waals surface area contributed by atoms with Crippen molar-refractivity contribution >= 4 is 22.0 Å². The molecule has 2 heterocycles. The Labute approximate surface area is 159 Å². The van der Waals surface area contributed by atoms with Crippen molar-refractivity contribution in [1.82, 2.24) is 14.1 Å². The van der Waals surface area contributed by atoms with Gasteiger partial charge in [0.05, 0.1) is 11.5 Å². The number of likely N-dealkylation sites (tertiary alicyclic amines) is 1. The maximum absolute atomic E-state index is 12.8. The average molecular weight is 395 g/mol. The first-order chi connectivity index (χ1) is 12.9. The number of sulfonamides is 1. The van der Waals surface area contributed by atoms with Gasteiger partial charge in [-0.15, -0.1) is 0 Å². The summed E-state index contributed by atoms with van der Waals surface area (Å²) in [5, 5.41) is 0. The summed E-state index contributed by atoms with van der Waals surface area (Å²) in [6.07, 6.45) is 1.60. The average Bonchev–Trinajstić information content (AvgIpc) is 3.22. The molecular weight excluding hydrogens is 370 g/mol. The van der Waals surface area contributed by atoms with Crippen molar-refractivity contribution in [2.75, 3.05) is 45.9 Å². The van der Waals surface area contributed by atoms with Crippen LogP contribution in [0.15, 0.2) is 29.2 Å². The van der Waals surface area contributed by atoms with Gasteiger partial charge in [-0.2, -0.15) is 4.31 Å². The summed E-state index contributed by atoms with van der Waals surface area (Å²) in [7, 11) is -3.66. The van der Waals surface area contributed by atoms with Crippen molar-refractivity contribution in [2.45, 2.75) is 24.7 Å². The molecule has 0 saturated carbocycles. The van der Waals surface area contributed by atoms with Crippen molar-refractivity contribution in [1.29, 1.82) is 0 Å². The summed E-state index contributed by atoms with van der Waals surface area (Å²) in [4.78, 5) is 27.6. The lowest BCUT2D eigenvalue weighted by atomic mass is 10.2. The van der Waals surface area contributed by atoms with Gasteiger partial charge < -0.3 is 14.5 Å². The minimum Gasteiger partial charge on any atom is -0.450 e. The van der Waals surface area contributed by atoms with Gasteiger partial charge in [-0.05, 0) is 44.0 Å². The minimum atomic E-state index is -3.66. The normalized spacial score (nSPS) is 18.6. The summed E-state index contributed by atoms with van der Waals surface area (Å²) < 4.78 is 32.0. The Morgan fingerprint density at radius 1 is 0.926 bits per heavy atom. The van der Waals surface area contributed by atoms with Gasteiger partial charge in [-0.25, -0.2) is 13.2 Å². The third kappa shape index (κ3) is 4.24. The number of nitrogens with zero attached hydrogens (tertiary/aromatic N) is 3. The summed E-state index contributed by atoms with van der Waals surface area (Å²) in [5.74, 6) is -0.0560. The van der Waals surface area contributed by atoms with Crippen LogP contribution < -0.4 is 0 Å². The maximum Gasteiger partial charge on any atom is 0.409 e. The van der Waals surface area contributed by atoms with Gasteiger partial charge in [0.15, 0.2) is 0 Å². The van der Waals surface area contributed by atoms with Crippen LogP contribution in [0.25, 0.3) is 0 Å². The lowest BCUT2D eigenvalue weighted by Crippen LogP contribution is -2.50. The molecule has 2 aliphatic rings. The lowest BCUT2D eigenvalue weighted by Gasteiger charge is -2.33. The van der Waals surface area contributed by atoms with Crippen LogP contribution in [-0.4, -0.2) is 80.4 Å². The number of benzene rings is 1. The lowest BCUT2D eigenvalue weighted by molar-refractivity contribution is 0.0792. The van der Waals surface area contributed by atoms with Gasteiger partial charge in [0.1, 0.15) is 0 Å². The largest absolute Gasteiger partial charge is 0.450 e. The second kappa shape index (κ2) is 8.26. The molecule has 3 rings (SSSR count). The van der Waals surface area contributed by atoms with Gasteiger partial charge in [0, 0.05) is 44.8 Å². The zero-order valence-corrected chi connectivity index (χ0v) is 16.3. The van der Waals surface area contributed by atoms with Crippen LogP contribution in [0.4, 0.5) is 4.79 Å². The van der Waals surface area contributed by atoms with E-state index in [1.54, 1.807) is 24.0 Å². The van der Waals surface area contributed by atoms with Gasteiger partial charge in [0.2, 0.25) is 10.0 Å². The first-order valence-electron chi connectivity index (χ1n) is 9.24. The van der Waals surface area contributed by atoms with Crippen molar-refractivity contribution in [3.8, 4) is 0 Å². The van der Waals surface area contributed by atoms with E-state index in [0.717, 1.165) is 25.9 Å². The highest BCUT2D eigenvalue weighted by Crippen LogP contribution is 2.20. The molecule has 148 valence electrons. The van der Waals surface area contributed by atoms with Crippen LogP contribution in [0, 0.1) is 0 Å². The Kier molecular flexibility index (Phi) is 6.01. The molecule has 9 heteroatoms. The highest BCUT2D eigenvalue weighted by molar-refractivity contribution is 7.89. The number of carbonyl (C=O) groups excluding carboxylic acids is 2. The van der Waals surface area contributed by atoms with Gasteiger partial charge in [0.25, 0.3) is 5.91 Å². The molecule has 0 N–H and O–H groups in total. The fourth-order valence-electron chi connectivity index (χ4n) is 3.35. The molecule has 0 spiro atoms. The number of amides is 2. The first kappa shape index (κ1) is 19.6. The van der Waals surface area contributed by atoms with E-state index in [9.17, 15) is 18.0 Å². The monoisotopic (exact) mass is 395 g/mol. The number of piperazine rings is 1. The molecule has 27 heavy (non-hydrogen) atoms. The van der Waals surface area contributed by atoms with E-state index in [0.29, 0.717) is 25.3 Å². The second-order valence-electron chi connectivity index (χ2n) is 6.61. The summed E-state index contributed by atoms with van der Waals surface area (Å²) in [5.41, 5.74) is 0.503. The van der Waals surface area contributed by atoms with Crippen molar-refractivity contribution in [3.05, 3.63) is 29.8 Å². The van der Waals surface area contributed by atoms with Gasteiger partial charge in [-0.1, -0.05) is 0 Å². The van der Waals surface area contributed by atoms with Crippen LogP contribution in [0.2, 0.25) is 0 Å². The molecule has 8 nitrogen and oxygen atoms in total. The Hall–Kier alpha value is -2.13. The van der Waals surface area contributed by atoms with E-state index in [4.69, 9.17) is 4.74 Å². The summed E-state index contributed by atoms with van der Waals surface area (Å²) >= 11 is 0. The zero-order chi connectivity index (χ0) is 19.4. The van der Waals surface area contributed by atoms with E-state index >= 15 is 0 Å². The third-order valence-corrected chi connectivity index (χ3v) is 6.81. The molecule has 1 aromatic rings. The molecule has 0 unspecified atom stereocenters. The molecule has 0 atom stereocenters. The van der Waals surface area contributed by atoms with E-state index in [1.165, 1.54) is 21.3 Å². The van der Waals surface area contributed by atoms with Crippen molar-refractivity contribution in [2.24, 2.45) is 0 Å². The topological polar surface area (TPSA) is 87.2 Å². The number of carbonyl (C=O) groups is 2. The molecule has 2 aliphatic heterocycles. The van der Waals surface area contributed by atoms with E-state index in [-0.39, 0.29) is 23.9 Å². The Bertz CT molecular complexity index is 780. The number of hydrogen-bond acceptors (Lipinski definition) is 5. The Morgan fingerprint density at radius 3 is 2.07 bits per heavy atom. The van der Waals surface area contributed by atoms with E-state index < -0.39 is 16.1 Å². The molecule has 2 amide bonds. The molecule has 0 bridgehead atoms.